The highest BCUT2D eigenvalue weighted by Gasteiger charge is 2.38. The molecule has 0 bridgehead atoms. The second kappa shape index (κ2) is 5.37. The summed E-state index contributed by atoms with van der Waals surface area (Å²) in [5.74, 6) is 0.581. The molecule has 0 radical (unpaired) electrons. The van der Waals surface area contributed by atoms with Crippen molar-refractivity contribution >= 4 is 5.91 Å². The van der Waals surface area contributed by atoms with Crippen molar-refractivity contribution in [2.45, 2.75) is 18.5 Å². The van der Waals surface area contributed by atoms with Crippen molar-refractivity contribution in [2.75, 3.05) is 20.3 Å². The van der Waals surface area contributed by atoms with Crippen molar-refractivity contribution in [1.29, 1.82) is 0 Å². The van der Waals surface area contributed by atoms with Gasteiger partial charge in [-0.25, -0.2) is 0 Å². The zero-order valence-electron chi connectivity index (χ0n) is 10.4. The predicted molar refractivity (Wildman–Crippen MR) is 67.2 cm³/mol. The van der Waals surface area contributed by atoms with Gasteiger partial charge in [0, 0.05) is 18.7 Å². The van der Waals surface area contributed by atoms with Gasteiger partial charge in [-0.1, -0.05) is 18.2 Å². The third-order valence-corrected chi connectivity index (χ3v) is 3.14. The van der Waals surface area contributed by atoms with E-state index in [0.717, 1.165) is 11.3 Å². The molecule has 98 valence electrons. The molecule has 0 aliphatic carbocycles. The molecule has 3 N–H and O–H groups in total. The summed E-state index contributed by atoms with van der Waals surface area (Å²) in [6.45, 7) is 1.23. The highest BCUT2D eigenvalue weighted by atomic mass is 16.5. The van der Waals surface area contributed by atoms with Crippen LogP contribution in [0.5, 0.6) is 5.75 Å². The number of benzene rings is 1. The Morgan fingerprint density at radius 1 is 1.56 bits per heavy atom. The predicted octanol–water partition coefficient (Wildman–Crippen LogP) is 0.429. The van der Waals surface area contributed by atoms with E-state index in [0.29, 0.717) is 19.6 Å². The second-order valence-corrected chi connectivity index (χ2v) is 4.45. The molecule has 5 nitrogen and oxygen atoms in total. The molecule has 0 spiro atoms. The molecule has 1 aromatic rings. The fourth-order valence-corrected chi connectivity index (χ4v) is 1.96. The molecule has 1 aromatic carbocycles. The van der Waals surface area contributed by atoms with Crippen LogP contribution in [0.15, 0.2) is 24.3 Å². The molecule has 0 saturated carbocycles. The van der Waals surface area contributed by atoms with Crippen LogP contribution in [-0.4, -0.2) is 31.8 Å². The molecule has 2 rings (SSSR count). The summed E-state index contributed by atoms with van der Waals surface area (Å²) in [5, 5.41) is 2.83. The number of ether oxygens (including phenoxy) is 2. The van der Waals surface area contributed by atoms with Crippen molar-refractivity contribution in [2.24, 2.45) is 5.73 Å². The molecule has 18 heavy (non-hydrogen) atoms. The van der Waals surface area contributed by atoms with E-state index >= 15 is 0 Å². The van der Waals surface area contributed by atoms with Gasteiger partial charge in [-0.05, 0) is 12.5 Å². The molecule has 1 aliphatic heterocycles. The number of nitrogens with two attached hydrogens (primary N) is 1. The van der Waals surface area contributed by atoms with E-state index < -0.39 is 5.54 Å². The summed E-state index contributed by atoms with van der Waals surface area (Å²) in [6.07, 6.45) is 0.560. The molecule has 1 unspecified atom stereocenters. The molecule has 5 heteroatoms. The van der Waals surface area contributed by atoms with Gasteiger partial charge in [-0.3, -0.25) is 4.79 Å². The first kappa shape index (κ1) is 12.9. The van der Waals surface area contributed by atoms with Crippen molar-refractivity contribution in [1.82, 2.24) is 5.32 Å². The zero-order valence-corrected chi connectivity index (χ0v) is 10.4. The van der Waals surface area contributed by atoms with Gasteiger partial charge in [0.2, 0.25) is 5.91 Å². The average Bonchev–Trinajstić information content (AvgIpc) is 2.84. The lowest BCUT2D eigenvalue weighted by Crippen LogP contribution is -2.54. The fourth-order valence-electron chi connectivity index (χ4n) is 1.96. The van der Waals surface area contributed by atoms with Crippen LogP contribution >= 0.6 is 0 Å². The van der Waals surface area contributed by atoms with Gasteiger partial charge in [0.25, 0.3) is 0 Å². The van der Waals surface area contributed by atoms with E-state index in [4.69, 9.17) is 15.2 Å². The minimum Gasteiger partial charge on any atom is -0.496 e. The Bertz CT molecular complexity index is 428. The van der Waals surface area contributed by atoms with Crippen molar-refractivity contribution in [3.63, 3.8) is 0 Å². The third-order valence-electron chi connectivity index (χ3n) is 3.14. The second-order valence-electron chi connectivity index (χ2n) is 4.45. The molecule has 1 atom stereocenters. The van der Waals surface area contributed by atoms with E-state index in [1.54, 1.807) is 7.11 Å². The van der Waals surface area contributed by atoms with E-state index in [9.17, 15) is 4.79 Å². The van der Waals surface area contributed by atoms with Gasteiger partial charge in [-0.2, -0.15) is 0 Å². The maximum atomic E-state index is 12.0. The Morgan fingerprint density at radius 3 is 3.00 bits per heavy atom. The minimum absolute atomic E-state index is 0.175. The van der Waals surface area contributed by atoms with Crippen LogP contribution in [0.25, 0.3) is 0 Å². The van der Waals surface area contributed by atoms with Crippen LogP contribution in [-0.2, 0) is 16.1 Å². The molecule has 1 saturated heterocycles. The topological polar surface area (TPSA) is 73.6 Å². The van der Waals surface area contributed by atoms with Crippen LogP contribution in [0, 0.1) is 0 Å². The molecular formula is C13H18N2O3. The number of methoxy groups -OCH3 is 1. The summed E-state index contributed by atoms with van der Waals surface area (Å²) in [5.41, 5.74) is 6.01. The molecule has 1 aliphatic rings. The molecule has 1 fully saturated rings. The first-order valence-electron chi connectivity index (χ1n) is 5.92. The number of carbonyl (C=O) groups excluding carboxylic acids is 1. The van der Waals surface area contributed by atoms with E-state index in [1.807, 2.05) is 24.3 Å². The van der Waals surface area contributed by atoms with Crippen LogP contribution < -0.4 is 15.8 Å². The number of rotatable bonds is 4. The Hall–Kier alpha value is -1.59. The van der Waals surface area contributed by atoms with Crippen LogP contribution in [0.2, 0.25) is 0 Å². The molecule has 1 amide bonds. The zero-order chi connectivity index (χ0) is 13.0. The number of para-hydroxylation sites is 1. The minimum atomic E-state index is -0.887. The maximum Gasteiger partial charge on any atom is 0.242 e. The van der Waals surface area contributed by atoms with E-state index in [-0.39, 0.29) is 12.5 Å². The molecule has 0 aromatic heterocycles. The lowest BCUT2D eigenvalue weighted by Gasteiger charge is -2.21. The first-order valence-corrected chi connectivity index (χ1v) is 5.92. The smallest absolute Gasteiger partial charge is 0.242 e. The lowest BCUT2D eigenvalue weighted by atomic mass is 9.99. The van der Waals surface area contributed by atoms with Gasteiger partial charge < -0.3 is 20.5 Å². The number of amides is 1. The van der Waals surface area contributed by atoms with E-state index in [1.165, 1.54) is 0 Å². The van der Waals surface area contributed by atoms with Crippen molar-refractivity contribution in [3.8, 4) is 5.75 Å². The van der Waals surface area contributed by atoms with Gasteiger partial charge in [0.1, 0.15) is 11.3 Å². The van der Waals surface area contributed by atoms with Crippen LogP contribution in [0.4, 0.5) is 0 Å². The fraction of sp³-hybridized carbons (Fsp3) is 0.462. The van der Waals surface area contributed by atoms with Crippen molar-refractivity contribution < 1.29 is 14.3 Å². The molecule has 1 heterocycles. The van der Waals surface area contributed by atoms with Gasteiger partial charge in [-0.15, -0.1) is 0 Å². The van der Waals surface area contributed by atoms with Gasteiger partial charge in [0.15, 0.2) is 0 Å². The normalized spacial score (nSPS) is 22.8. The number of nitrogens with one attached hydrogen (secondary N) is 1. The summed E-state index contributed by atoms with van der Waals surface area (Å²) in [6, 6.07) is 7.56. The van der Waals surface area contributed by atoms with Gasteiger partial charge in [0.05, 0.1) is 13.7 Å². The van der Waals surface area contributed by atoms with Gasteiger partial charge >= 0.3 is 0 Å². The highest BCUT2D eigenvalue weighted by Crippen LogP contribution is 2.18. The Kier molecular flexibility index (Phi) is 3.84. The van der Waals surface area contributed by atoms with Crippen molar-refractivity contribution in [3.05, 3.63) is 29.8 Å². The number of hydrogen-bond acceptors (Lipinski definition) is 4. The number of carbonyl (C=O) groups is 1. The summed E-state index contributed by atoms with van der Waals surface area (Å²) >= 11 is 0. The van der Waals surface area contributed by atoms with E-state index in [2.05, 4.69) is 5.32 Å². The Labute approximate surface area is 106 Å². The quantitative estimate of drug-likeness (QED) is 0.812. The Balaban J connectivity index is 1.97. The lowest BCUT2D eigenvalue weighted by molar-refractivity contribution is -0.126. The average molecular weight is 250 g/mol. The summed E-state index contributed by atoms with van der Waals surface area (Å²) < 4.78 is 10.4. The SMILES string of the molecule is COc1ccccc1CNC(=O)C1(N)CCOC1. The Morgan fingerprint density at radius 2 is 2.33 bits per heavy atom. The summed E-state index contributed by atoms with van der Waals surface area (Å²) in [4.78, 5) is 12.0. The summed E-state index contributed by atoms with van der Waals surface area (Å²) in [7, 11) is 1.61. The largest absolute Gasteiger partial charge is 0.496 e. The first-order chi connectivity index (χ1) is 8.65. The monoisotopic (exact) mass is 250 g/mol. The number of hydrogen-bond donors (Lipinski definition) is 2. The van der Waals surface area contributed by atoms with Crippen LogP contribution in [0.3, 0.4) is 0 Å². The van der Waals surface area contributed by atoms with Crippen LogP contribution in [0.1, 0.15) is 12.0 Å². The maximum absolute atomic E-state index is 12.0. The molecular weight excluding hydrogens is 232 g/mol. The highest BCUT2D eigenvalue weighted by molar-refractivity contribution is 5.86. The third kappa shape index (κ3) is 2.63. The standard InChI is InChI=1S/C13H18N2O3/c1-17-11-5-3-2-4-10(11)8-15-12(16)13(14)6-7-18-9-13/h2-5H,6-9,14H2,1H3,(H,15,16).